The zero-order valence-electron chi connectivity index (χ0n) is 15.5. The smallest absolute Gasteiger partial charge is 0.220 e. The molecule has 0 saturated heterocycles. The molecule has 2 rings (SSSR count). The third-order valence-corrected chi connectivity index (χ3v) is 5.43. The van der Waals surface area contributed by atoms with Crippen LogP contribution < -0.4 is 10.0 Å². The first-order chi connectivity index (χ1) is 12.7. The molecule has 0 heterocycles. The number of nitrogens with one attached hydrogen (secondary N) is 2. The molecule has 0 radical (unpaired) electrons. The van der Waals surface area contributed by atoms with Gasteiger partial charge in [-0.15, -0.1) is 0 Å². The average Bonchev–Trinajstić information content (AvgIpc) is 2.59. The second-order valence-corrected chi connectivity index (χ2v) is 8.46. The lowest BCUT2D eigenvalue weighted by Gasteiger charge is -2.13. The molecular formula is C20H25FN2O3S. The zero-order valence-corrected chi connectivity index (χ0v) is 16.4. The van der Waals surface area contributed by atoms with Crippen molar-refractivity contribution in [2.45, 2.75) is 45.0 Å². The van der Waals surface area contributed by atoms with Crippen molar-refractivity contribution in [2.75, 3.05) is 0 Å². The van der Waals surface area contributed by atoms with Gasteiger partial charge < -0.3 is 5.32 Å². The fourth-order valence-corrected chi connectivity index (χ4v) is 4.16. The van der Waals surface area contributed by atoms with Gasteiger partial charge in [0, 0.05) is 19.0 Å². The Bertz CT molecular complexity index is 865. The summed E-state index contributed by atoms with van der Waals surface area (Å²) in [6.07, 6.45) is 0.793. The lowest BCUT2D eigenvalue weighted by Crippen LogP contribution is -2.32. The molecule has 2 aromatic carbocycles. The molecule has 5 nitrogen and oxygen atoms in total. The van der Waals surface area contributed by atoms with E-state index in [1.165, 1.54) is 12.1 Å². The van der Waals surface area contributed by atoms with Crippen molar-refractivity contribution in [2.24, 2.45) is 0 Å². The van der Waals surface area contributed by atoms with E-state index in [9.17, 15) is 17.6 Å². The molecule has 0 saturated carbocycles. The molecule has 0 spiro atoms. The van der Waals surface area contributed by atoms with E-state index >= 15 is 0 Å². The van der Waals surface area contributed by atoms with Crippen molar-refractivity contribution in [1.29, 1.82) is 0 Å². The van der Waals surface area contributed by atoms with E-state index in [0.717, 1.165) is 11.1 Å². The summed E-state index contributed by atoms with van der Waals surface area (Å²) in [7, 11) is -3.44. The van der Waals surface area contributed by atoms with Crippen LogP contribution in [-0.2, 0) is 33.5 Å². The lowest BCUT2D eigenvalue weighted by molar-refractivity contribution is -0.121. The van der Waals surface area contributed by atoms with Crippen LogP contribution in [0.25, 0.3) is 0 Å². The number of amides is 1. The van der Waals surface area contributed by atoms with Crippen molar-refractivity contribution in [3.63, 3.8) is 0 Å². The molecule has 0 fully saturated rings. The van der Waals surface area contributed by atoms with Crippen LogP contribution in [0.1, 0.15) is 37.0 Å². The van der Waals surface area contributed by atoms with E-state index in [0.29, 0.717) is 12.0 Å². The van der Waals surface area contributed by atoms with Gasteiger partial charge in [-0.25, -0.2) is 17.5 Å². The number of hydrogen-bond donors (Lipinski definition) is 2. The molecule has 0 aromatic heterocycles. The third kappa shape index (κ3) is 7.48. The minimum Gasteiger partial charge on any atom is -0.352 e. The van der Waals surface area contributed by atoms with Gasteiger partial charge in [0.05, 0.1) is 5.75 Å². The summed E-state index contributed by atoms with van der Waals surface area (Å²) in [5.41, 5.74) is 2.31. The van der Waals surface area contributed by atoms with Crippen molar-refractivity contribution in [3.05, 3.63) is 71.0 Å². The highest BCUT2D eigenvalue weighted by atomic mass is 32.2. The predicted molar refractivity (Wildman–Crippen MR) is 104 cm³/mol. The van der Waals surface area contributed by atoms with Crippen LogP contribution in [0.15, 0.2) is 48.5 Å². The normalized spacial score (nSPS) is 11.6. The molecule has 2 N–H and O–H groups in total. The van der Waals surface area contributed by atoms with Crippen molar-refractivity contribution in [1.82, 2.24) is 10.0 Å². The van der Waals surface area contributed by atoms with Crippen molar-refractivity contribution >= 4 is 15.9 Å². The van der Waals surface area contributed by atoms with Gasteiger partial charge in [0.25, 0.3) is 0 Å². The Labute approximate surface area is 160 Å². The van der Waals surface area contributed by atoms with E-state index in [1.54, 1.807) is 44.2 Å². The molecule has 0 atom stereocenters. The number of carbonyl (C=O) groups excluding carboxylic acids is 1. The Hall–Kier alpha value is -2.25. The van der Waals surface area contributed by atoms with E-state index < -0.39 is 10.0 Å². The standard InChI is InChI=1S/C20H25FN2O3S/c1-15(2)23-27(25,26)14-18-6-4-3-5-17(18)13-22-20(24)12-9-16-7-10-19(21)11-8-16/h3-8,10-11,15,23H,9,12-14H2,1-2H3,(H,22,24). The largest absolute Gasteiger partial charge is 0.352 e. The van der Waals surface area contributed by atoms with E-state index in [-0.39, 0.29) is 36.5 Å². The molecule has 2 aromatic rings. The van der Waals surface area contributed by atoms with E-state index in [2.05, 4.69) is 10.0 Å². The first-order valence-corrected chi connectivity index (χ1v) is 10.5. The Morgan fingerprint density at radius 3 is 2.30 bits per heavy atom. The molecule has 146 valence electrons. The van der Waals surface area contributed by atoms with Crippen LogP contribution in [0.4, 0.5) is 4.39 Å². The number of benzene rings is 2. The monoisotopic (exact) mass is 392 g/mol. The molecule has 0 aliphatic rings. The number of carbonyl (C=O) groups is 1. The van der Waals surface area contributed by atoms with Gasteiger partial charge >= 0.3 is 0 Å². The first kappa shape index (κ1) is 21.1. The van der Waals surface area contributed by atoms with E-state index in [1.807, 2.05) is 6.07 Å². The van der Waals surface area contributed by atoms with Gasteiger partial charge in [0.1, 0.15) is 5.82 Å². The Kier molecular flexibility index (Phi) is 7.50. The SMILES string of the molecule is CC(C)NS(=O)(=O)Cc1ccccc1CNC(=O)CCc1ccc(F)cc1. The predicted octanol–water partition coefficient (Wildman–Crippen LogP) is 2.90. The van der Waals surface area contributed by atoms with Gasteiger partial charge in [-0.05, 0) is 49.1 Å². The van der Waals surface area contributed by atoms with Gasteiger partial charge in [0.2, 0.25) is 15.9 Å². The Morgan fingerprint density at radius 1 is 1.04 bits per heavy atom. The summed E-state index contributed by atoms with van der Waals surface area (Å²) in [6, 6.07) is 13.0. The Morgan fingerprint density at radius 2 is 1.67 bits per heavy atom. The van der Waals surface area contributed by atoms with Crippen molar-refractivity contribution in [3.8, 4) is 0 Å². The summed E-state index contributed by atoms with van der Waals surface area (Å²) in [5, 5.41) is 2.82. The molecule has 27 heavy (non-hydrogen) atoms. The summed E-state index contributed by atoms with van der Waals surface area (Å²) in [6.45, 7) is 3.80. The molecular weight excluding hydrogens is 367 g/mol. The molecule has 7 heteroatoms. The molecule has 0 unspecified atom stereocenters. The van der Waals surface area contributed by atoms with Crippen LogP contribution in [0.3, 0.4) is 0 Å². The van der Waals surface area contributed by atoms with Gasteiger partial charge in [-0.3, -0.25) is 4.79 Å². The maximum absolute atomic E-state index is 12.9. The highest BCUT2D eigenvalue weighted by Gasteiger charge is 2.15. The first-order valence-electron chi connectivity index (χ1n) is 8.83. The van der Waals surface area contributed by atoms with E-state index in [4.69, 9.17) is 0 Å². The molecule has 1 amide bonds. The molecule has 0 aliphatic carbocycles. The molecule has 0 aliphatic heterocycles. The zero-order chi connectivity index (χ0) is 19.9. The quantitative estimate of drug-likeness (QED) is 0.689. The van der Waals surface area contributed by atoms with Gasteiger partial charge in [0.15, 0.2) is 0 Å². The summed E-state index contributed by atoms with van der Waals surface area (Å²) in [4.78, 5) is 12.1. The van der Waals surface area contributed by atoms with Crippen LogP contribution in [-0.4, -0.2) is 20.4 Å². The van der Waals surface area contributed by atoms with Crippen LogP contribution in [0, 0.1) is 5.82 Å². The van der Waals surface area contributed by atoms with Crippen LogP contribution in [0.2, 0.25) is 0 Å². The fourth-order valence-electron chi connectivity index (χ4n) is 2.67. The second-order valence-electron chi connectivity index (χ2n) is 6.70. The molecule has 0 bridgehead atoms. The van der Waals surface area contributed by atoms with Crippen LogP contribution in [0.5, 0.6) is 0 Å². The van der Waals surface area contributed by atoms with Crippen LogP contribution >= 0.6 is 0 Å². The summed E-state index contributed by atoms with van der Waals surface area (Å²) < 4.78 is 39.8. The van der Waals surface area contributed by atoms with Gasteiger partial charge in [-0.2, -0.15) is 0 Å². The minimum atomic E-state index is -3.44. The lowest BCUT2D eigenvalue weighted by atomic mass is 10.1. The topological polar surface area (TPSA) is 75.3 Å². The summed E-state index contributed by atoms with van der Waals surface area (Å²) >= 11 is 0. The fraction of sp³-hybridized carbons (Fsp3) is 0.350. The van der Waals surface area contributed by atoms with Gasteiger partial charge in [-0.1, -0.05) is 36.4 Å². The highest BCUT2D eigenvalue weighted by molar-refractivity contribution is 7.88. The second kappa shape index (κ2) is 9.62. The Balaban J connectivity index is 1.91. The number of sulfonamides is 1. The van der Waals surface area contributed by atoms with Crippen molar-refractivity contribution < 1.29 is 17.6 Å². The third-order valence-electron chi connectivity index (χ3n) is 3.91. The summed E-state index contributed by atoms with van der Waals surface area (Å²) in [5.74, 6) is -0.578. The maximum Gasteiger partial charge on any atom is 0.220 e. The number of aryl methyl sites for hydroxylation is 1. The number of hydrogen-bond acceptors (Lipinski definition) is 3. The number of halogens is 1. The minimum absolute atomic E-state index is 0.132. The maximum atomic E-state index is 12.9. The average molecular weight is 392 g/mol. The highest BCUT2D eigenvalue weighted by Crippen LogP contribution is 2.13. The number of rotatable bonds is 9.